The molecule has 10 nitrogen and oxygen atoms in total. The Kier molecular flexibility index (Phi) is 5.47. The Morgan fingerprint density at radius 2 is 0.814 bits per heavy atom. The number of aromatic amines is 2. The molecule has 1 radical (unpaired) electrons. The largest absolute Gasteiger partial charge is 0.397 e. The first kappa shape index (κ1) is 25.3. The average molecular weight is 742 g/mol. The van der Waals surface area contributed by atoms with Crippen LogP contribution in [-0.2, 0) is 22.4 Å². The second-order valence-electron chi connectivity index (χ2n) is 10.2. The van der Waals surface area contributed by atoms with E-state index < -0.39 is 0 Å². The van der Waals surface area contributed by atoms with Crippen molar-refractivity contribution in [3.63, 3.8) is 0 Å². The molecule has 0 unspecified atom stereocenters. The smallest absolute Gasteiger partial charge is 0.164 e. The molecule has 0 saturated carbocycles. The Balaban J connectivity index is 0.00000278. The molecular formula is C32H20AuN10. The predicted molar refractivity (Wildman–Crippen MR) is 165 cm³/mol. The van der Waals surface area contributed by atoms with Gasteiger partial charge in [0.2, 0.25) is 0 Å². The number of rotatable bonds is 0. The van der Waals surface area contributed by atoms with Gasteiger partial charge in [-0.15, -0.1) is 0 Å². The summed E-state index contributed by atoms with van der Waals surface area (Å²) in [6.07, 6.45) is 0. The van der Waals surface area contributed by atoms with Crippen molar-refractivity contribution in [2.24, 2.45) is 0 Å². The van der Waals surface area contributed by atoms with Crippen molar-refractivity contribution in [3.8, 4) is 45.6 Å². The molecule has 0 amide bonds. The van der Waals surface area contributed by atoms with Crippen molar-refractivity contribution >= 4 is 55.5 Å². The van der Waals surface area contributed by atoms with Gasteiger partial charge in [0.25, 0.3) is 0 Å². The third kappa shape index (κ3) is 3.71. The molecular weight excluding hydrogens is 721 g/mol. The zero-order valence-electron chi connectivity index (χ0n) is 22.2. The topological polar surface area (TPSA) is 161 Å². The van der Waals surface area contributed by atoms with Crippen LogP contribution in [0.1, 0.15) is 0 Å². The molecule has 5 heterocycles. The van der Waals surface area contributed by atoms with Gasteiger partial charge in [-0.1, -0.05) is 72.8 Å². The van der Waals surface area contributed by atoms with E-state index in [4.69, 9.17) is 41.4 Å². The fraction of sp³-hybridized carbons (Fsp3) is 0. The molecule has 6 N–H and O–H groups in total. The molecule has 2 aliphatic rings. The minimum atomic E-state index is 0. The molecule has 0 aliphatic carbocycles. The van der Waals surface area contributed by atoms with Gasteiger partial charge in [0.15, 0.2) is 23.3 Å². The van der Waals surface area contributed by atoms with Gasteiger partial charge in [0.1, 0.15) is 22.6 Å². The van der Waals surface area contributed by atoms with Crippen molar-refractivity contribution < 1.29 is 22.4 Å². The second kappa shape index (κ2) is 9.30. The van der Waals surface area contributed by atoms with Crippen molar-refractivity contribution in [2.45, 2.75) is 0 Å². The van der Waals surface area contributed by atoms with Gasteiger partial charge in [0.05, 0.1) is 16.8 Å². The van der Waals surface area contributed by atoms with E-state index in [1.54, 1.807) is 6.07 Å². The maximum atomic E-state index is 6.53. The standard InChI is InChI=1S/C32H20N10.Au/c33-22-14-13-21-23(24(22)34)32-41-30-20-12-6-5-11-19(20)28(39-30)37-26-16-8-2-1-7-15(16)25(35-26)36-27-17-9-3-4-10-18(17)29(38-27)40-31(21)42-32;/h1-14H,33-34H2,(H2,35,36,37,38,39,40,41,42);. The number of nitrogens with zero attached hydrogens (tertiary/aromatic N) is 6. The Morgan fingerprint density at radius 3 is 1.30 bits per heavy atom. The van der Waals surface area contributed by atoms with E-state index in [9.17, 15) is 0 Å². The van der Waals surface area contributed by atoms with E-state index in [2.05, 4.69) is 9.97 Å². The van der Waals surface area contributed by atoms with Gasteiger partial charge in [0, 0.05) is 60.8 Å². The van der Waals surface area contributed by atoms with Gasteiger partial charge in [-0.2, -0.15) is 0 Å². The Hall–Kier alpha value is -5.42. The molecule has 4 aromatic carbocycles. The number of fused-ring (bicyclic) bond motifs is 20. The molecule has 0 atom stereocenters. The second-order valence-corrected chi connectivity index (χ2v) is 10.2. The molecule has 3 aromatic heterocycles. The van der Waals surface area contributed by atoms with Crippen LogP contribution in [0, 0.1) is 0 Å². The quantitative estimate of drug-likeness (QED) is 0.108. The van der Waals surface area contributed by atoms with Crippen LogP contribution in [0.15, 0.2) is 84.9 Å². The number of nitrogen functional groups attached to an aromatic ring is 2. The van der Waals surface area contributed by atoms with Gasteiger partial charge >= 0.3 is 0 Å². The van der Waals surface area contributed by atoms with Crippen molar-refractivity contribution in [1.29, 1.82) is 0 Å². The molecule has 43 heavy (non-hydrogen) atoms. The summed E-state index contributed by atoms with van der Waals surface area (Å²) >= 11 is 0. The van der Waals surface area contributed by atoms with Crippen molar-refractivity contribution in [2.75, 3.05) is 11.5 Å². The van der Waals surface area contributed by atoms with Crippen LogP contribution in [0.3, 0.4) is 0 Å². The summed E-state index contributed by atoms with van der Waals surface area (Å²) in [5.41, 5.74) is 19.5. The number of hydrogen-bond acceptors (Lipinski definition) is 8. The zero-order chi connectivity index (χ0) is 27.9. The van der Waals surface area contributed by atoms with Gasteiger partial charge < -0.3 is 21.4 Å². The zero-order valence-corrected chi connectivity index (χ0v) is 24.4. The summed E-state index contributed by atoms with van der Waals surface area (Å²) in [6, 6.07) is 27.5. The van der Waals surface area contributed by atoms with Gasteiger partial charge in [-0.05, 0) is 12.1 Å². The van der Waals surface area contributed by atoms with Crippen LogP contribution in [0.5, 0.6) is 0 Å². The third-order valence-corrected chi connectivity index (χ3v) is 7.79. The van der Waals surface area contributed by atoms with Crippen LogP contribution in [0.4, 0.5) is 11.4 Å². The summed E-state index contributed by atoms with van der Waals surface area (Å²) in [5.74, 6) is 2.13. The molecule has 2 aliphatic heterocycles. The minimum absolute atomic E-state index is 0. The maximum Gasteiger partial charge on any atom is 0.164 e. The Labute approximate surface area is 258 Å². The van der Waals surface area contributed by atoms with Crippen LogP contribution in [0.2, 0.25) is 0 Å². The van der Waals surface area contributed by atoms with Crippen LogP contribution >= 0.6 is 0 Å². The van der Waals surface area contributed by atoms with E-state index in [0.29, 0.717) is 62.6 Å². The minimum Gasteiger partial charge on any atom is -0.397 e. The molecule has 8 bridgehead atoms. The fourth-order valence-electron chi connectivity index (χ4n) is 5.77. The Bertz CT molecular complexity index is 2460. The average Bonchev–Trinajstić information content (AvgIpc) is 3.74. The normalized spacial score (nSPS) is 11.7. The third-order valence-electron chi connectivity index (χ3n) is 7.79. The Morgan fingerprint density at radius 1 is 0.419 bits per heavy atom. The monoisotopic (exact) mass is 741 g/mol. The summed E-state index contributed by atoms with van der Waals surface area (Å²) in [6.45, 7) is 0. The number of nitrogens with two attached hydrogens (primary N) is 2. The van der Waals surface area contributed by atoms with Gasteiger partial charge in [-0.3, -0.25) is 0 Å². The maximum absolute atomic E-state index is 6.53. The van der Waals surface area contributed by atoms with Crippen LogP contribution < -0.4 is 11.5 Å². The SMILES string of the molecule is Nc1ccc2c3nc4nc(nc5[nH]c(nc6nc(nc([nH]3)c2c1N)-c1ccccc1-6)c1ccccc51)-c1ccccc1-4.[Au]. The van der Waals surface area contributed by atoms with Crippen molar-refractivity contribution in [3.05, 3.63) is 84.9 Å². The van der Waals surface area contributed by atoms with Crippen molar-refractivity contribution in [1.82, 2.24) is 39.9 Å². The number of anilines is 2. The molecule has 0 spiro atoms. The summed E-state index contributed by atoms with van der Waals surface area (Å²) in [7, 11) is 0. The number of aromatic nitrogens is 8. The molecule has 9 rings (SSSR count). The molecule has 209 valence electrons. The molecule has 0 fully saturated rings. The molecule has 0 saturated heterocycles. The number of H-pyrrole nitrogens is 2. The summed E-state index contributed by atoms with van der Waals surface area (Å²) in [5, 5.41) is 3.30. The number of nitrogens with one attached hydrogen (secondary N) is 2. The first-order valence-electron chi connectivity index (χ1n) is 13.4. The first-order valence-corrected chi connectivity index (χ1v) is 13.4. The summed E-state index contributed by atoms with van der Waals surface area (Å²) in [4.78, 5) is 36.6. The van der Waals surface area contributed by atoms with E-state index in [1.165, 1.54) is 0 Å². The van der Waals surface area contributed by atoms with E-state index in [0.717, 1.165) is 38.4 Å². The number of benzene rings is 4. The summed E-state index contributed by atoms with van der Waals surface area (Å²) < 4.78 is 0. The molecule has 11 heteroatoms. The predicted octanol–water partition coefficient (Wildman–Crippen LogP) is 6.03. The van der Waals surface area contributed by atoms with E-state index in [1.807, 2.05) is 78.9 Å². The van der Waals surface area contributed by atoms with Crippen LogP contribution in [-0.4, -0.2) is 39.9 Å². The van der Waals surface area contributed by atoms with E-state index >= 15 is 0 Å². The molecule has 7 aromatic rings. The van der Waals surface area contributed by atoms with Crippen LogP contribution in [0.25, 0.3) is 89.7 Å². The van der Waals surface area contributed by atoms with E-state index in [-0.39, 0.29) is 22.4 Å². The fourth-order valence-corrected chi connectivity index (χ4v) is 5.77. The van der Waals surface area contributed by atoms with Gasteiger partial charge in [-0.25, -0.2) is 29.9 Å². The number of hydrogen-bond donors (Lipinski definition) is 4. The first-order chi connectivity index (χ1) is 20.6.